The van der Waals surface area contributed by atoms with Gasteiger partial charge in [-0.3, -0.25) is 4.79 Å². The Morgan fingerprint density at radius 3 is 2.40 bits per heavy atom. The Bertz CT molecular complexity index is 639. The molecule has 2 rings (SSSR count). The first-order valence-corrected chi connectivity index (χ1v) is 7.24. The summed E-state index contributed by atoms with van der Waals surface area (Å²) >= 11 is 6.74. The number of anilines is 1. The van der Waals surface area contributed by atoms with Crippen molar-refractivity contribution in [3.63, 3.8) is 0 Å². The molecular formula is C14H11Br2NO3. The highest BCUT2D eigenvalue weighted by Crippen LogP contribution is 2.32. The Hall–Kier alpha value is -1.53. The second-order valence-electron chi connectivity index (χ2n) is 3.94. The predicted octanol–water partition coefficient (Wildman–Crippen LogP) is 4.18. The second kappa shape index (κ2) is 6.28. The van der Waals surface area contributed by atoms with Crippen LogP contribution in [-0.2, 0) is 0 Å². The first kappa shape index (κ1) is 14.9. The largest absolute Gasteiger partial charge is 0.504 e. The summed E-state index contributed by atoms with van der Waals surface area (Å²) in [6.45, 7) is 0. The summed E-state index contributed by atoms with van der Waals surface area (Å²) < 4.78 is 6.46. The van der Waals surface area contributed by atoms with Crippen molar-refractivity contribution in [3.8, 4) is 11.5 Å². The zero-order valence-corrected chi connectivity index (χ0v) is 13.7. The first-order chi connectivity index (χ1) is 9.52. The number of carbonyl (C=O) groups excluding carboxylic acids is 1. The van der Waals surface area contributed by atoms with Crippen molar-refractivity contribution in [1.29, 1.82) is 0 Å². The van der Waals surface area contributed by atoms with Crippen molar-refractivity contribution < 1.29 is 14.6 Å². The minimum absolute atomic E-state index is 0.0775. The molecule has 0 spiro atoms. The van der Waals surface area contributed by atoms with E-state index in [2.05, 4.69) is 37.2 Å². The van der Waals surface area contributed by atoms with E-state index in [4.69, 9.17) is 4.74 Å². The van der Waals surface area contributed by atoms with Crippen molar-refractivity contribution in [1.82, 2.24) is 0 Å². The fraction of sp³-hybridized carbons (Fsp3) is 0.0714. The van der Waals surface area contributed by atoms with E-state index in [0.717, 1.165) is 8.95 Å². The molecular weight excluding hydrogens is 390 g/mol. The lowest BCUT2D eigenvalue weighted by atomic mass is 10.2. The second-order valence-corrected chi connectivity index (χ2v) is 5.65. The maximum atomic E-state index is 12.2. The maximum Gasteiger partial charge on any atom is 0.255 e. The quantitative estimate of drug-likeness (QED) is 0.812. The Morgan fingerprint density at radius 1 is 1.20 bits per heavy atom. The van der Waals surface area contributed by atoms with Crippen LogP contribution in [0.3, 0.4) is 0 Å². The fourth-order valence-corrected chi connectivity index (χ4v) is 2.83. The number of nitrogens with one attached hydrogen (secondary N) is 1. The van der Waals surface area contributed by atoms with Crippen molar-refractivity contribution in [2.75, 3.05) is 12.4 Å². The molecule has 0 aliphatic rings. The summed E-state index contributed by atoms with van der Waals surface area (Å²) in [5, 5.41) is 12.5. The lowest BCUT2D eigenvalue weighted by Gasteiger charge is -2.10. The van der Waals surface area contributed by atoms with E-state index in [0.29, 0.717) is 17.0 Å². The average molecular weight is 401 g/mol. The van der Waals surface area contributed by atoms with Crippen LogP contribution in [0.25, 0.3) is 0 Å². The molecule has 0 aliphatic heterocycles. The molecule has 0 aliphatic carbocycles. The molecule has 2 N–H and O–H groups in total. The number of carbonyl (C=O) groups is 1. The Balaban J connectivity index is 2.26. The standard InChI is InChI=1S/C14H11Br2NO3/c1-20-12-6-5-8(7-11(12)18)14(19)17-13-9(15)3-2-4-10(13)16/h2-7,18H,1H3,(H,17,19). The number of ether oxygens (including phenoxy) is 1. The molecule has 0 aromatic heterocycles. The van der Waals surface area contributed by atoms with Gasteiger partial charge in [0.2, 0.25) is 0 Å². The molecule has 0 bridgehead atoms. The molecule has 20 heavy (non-hydrogen) atoms. The van der Waals surface area contributed by atoms with Gasteiger partial charge in [-0.15, -0.1) is 0 Å². The number of aromatic hydroxyl groups is 1. The van der Waals surface area contributed by atoms with Gasteiger partial charge in [0.1, 0.15) is 0 Å². The normalized spacial score (nSPS) is 10.2. The van der Waals surface area contributed by atoms with Gasteiger partial charge in [-0.25, -0.2) is 0 Å². The monoisotopic (exact) mass is 399 g/mol. The van der Waals surface area contributed by atoms with Crippen molar-refractivity contribution in [2.24, 2.45) is 0 Å². The van der Waals surface area contributed by atoms with Gasteiger partial charge in [0.25, 0.3) is 5.91 Å². The molecule has 2 aromatic carbocycles. The molecule has 6 heteroatoms. The molecule has 1 amide bonds. The third-order valence-electron chi connectivity index (χ3n) is 2.64. The van der Waals surface area contributed by atoms with Crippen LogP contribution in [0, 0.1) is 0 Å². The topological polar surface area (TPSA) is 58.6 Å². The van der Waals surface area contributed by atoms with Crippen LogP contribution in [0.15, 0.2) is 45.3 Å². The van der Waals surface area contributed by atoms with Crippen LogP contribution in [0.5, 0.6) is 11.5 Å². The Labute approximate surface area is 133 Å². The lowest BCUT2D eigenvalue weighted by Crippen LogP contribution is -2.12. The summed E-state index contributed by atoms with van der Waals surface area (Å²) in [6.07, 6.45) is 0. The zero-order valence-electron chi connectivity index (χ0n) is 10.5. The molecule has 0 heterocycles. The number of methoxy groups -OCH3 is 1. The van der Waals surface area contributed by atoms with Crippen molar-refractivity contribution in [3.05, 3.63) is 50.9 Å². The van der Waals surface area contributed by atoms with Crippen molar-refractivity contribution in [2.45, 2.75) is 0 Å². The SMILES string of the molecule is COc1ccc(C(=O)Nc2c(Br)cccc2Br)cc1O. The maximum absolute atomic E-state index is 12.2. The zero-order chi connectivity index (χ0) is 14.7. The van der Waals surface area contributed by atoms with Crippen LogP contribution in [0.1, 0.15) is 10.4 Å². The van der Waals surface area contributed by atoms with Gasteiger partial charge in [0, 0.05) is 14.5 Å². The first-order valence-electron chi connectivity index (χ1n) is 5.65. The molecule has 0 fully saturated rings. The molecule has 4 nitrogen and oxygen atoms in total. The Kier molecular flexibility index (Phi) is 4.67. The van der Waals surface area contributed by atoms with Gasteiger partial charge in [0.05, 0.1) is 12.8 Å². The lowest BCUT2D eigenvalue weighted by molar-refractivity contribution is 0.102. The van der Waals surface area contributed by atoms with Gasteiger partial charge >= 0.3 is 0 Å². The molecule has 0 radical (unpaired) electrons. The number of benzene rings is 2. The highest BCUT2D eigenvalue weighted by Gasteiger charge is 2.13. The Morgan fingerprint density at radius 2 is 1.85 bits per heavy atom. The van der Waals surface area contributed by atoms with Crippen LogP contribution in [0.2, 0.25) is 0 Å². The highest BCUT2D eigenvalue weighted by molar-refractivity contribution is 9.11. The number of phenolic OH excluding ortho intramolecular Hbond substituents is 1. The molecule has 0 unspecified atom stereocenters. The van der Waals surface area contributed by atoms with Gasteiger partial charge in [-0.05, 0) is 62.2 Å². The van der Waals surface area contributed by atoms with Crippen LogP contribution in [-0.4, -0.2) is 18.1 Å². The molecule has 2 aromatic rings. The number of phenols is 1. The van der Waals surface area contributed by atoms with E-state index in [1.165, 1.54) is 13.2 Å². The number of para-hydroxylation sites is 1. The number of halogens is 2. The predicted molar refractivity (Wildman–Crippen MR) is 84.5 cm³/mol. The minimum Gasteiger partial charge on any atom is -0.504 e. The van der Waals surface area contributed by atoms with Crippen LogP contribution < -0.4 is 10.1 Å². The summed E-state index contributed by atoms with van der Waals surface area (Å²) in [5.74, 6) is -0.0782. The number of rotatable bonds is 3. The number of hydrogen-bond donors (Lipinski definition) is 2. The molecule has 104 valence electrons. The van der Waals surface area contributed by atoms with Gasteiger partial charge in [-0.1, -0.05) is 6.07 Å². The van der Waals surface area contributed by atoms with E-state index in [-0.39, 0.29) is 11.7 Å². The van der Waals surface area contributed by atoms with Crippen LogP contribution >= 0.6 is 31.9 Å². The third-order valence-corrected chi connectivity index (χ3v) is 3.96. The van der Waals surface area contributed by atoms with E-state index in [1.54, 1.807) is 12.1 Å². The summed E-state index contributed by atoms with van der Waals surface area (Å²) in [5.41, 5.74) is 0.971. The van der Waals surface area contributed by atoms with Crippen molar-refractivity contribution >= 4 is 43.5 Å². The van der Waals surface area contributed by atoms with Gasteiger partial charge in [-0.2, -0.15) is 0 Å². The number of hydrogen-bond acceptors (Lipinski definition) is 3. The van der Waals surface area contributed by atoms with E-state index < -0.39 is 0 Å². The highest BCUT2D eigenvalue weighted by atomic mass is 79.9. The van der Waals surface area contributed by atoms with Gasteiger partial charge in [0.15, 0.2) is 11.5 Å². The molecule has 0 saturated heterocycles. The fourth-order valence-electron chi connectivity index (χ4n) is 1.63. The van der Waals surface area contributed by atoms with E-state index >= 15 is 0 Å². The van der Waals surface area contributed by atoms with E-state index in [1.807, 2.05) is 18.2 Å². The van der Waals surface area contributed by atoms with E-state index in [9.17, 15) is 9.90 Å². The third kappa shape index (κ3) is 3.13. The van der Waals surface area contributed by atoms with Crippen LogP contribution in [0.4, 0.5) is 5.69 Å². The minimum atomic E-state index is -0.324. The summed E-state index contributed by atoms with van der Waals surface area (Å²) in [4.78, 5) is 12.2. The molecule has 0 saturated carbocycles. The molecule has 0 atom stereocenters. The average Bonchev–Trinajstić information content (AvgIpc) is 2.42. The number of amides is 1. The summed E-state index contributed by atoms with van der Waals surface area (Å²) in [6, 6.07) is 9.98. The summed E-state index contributed by atoms with van der Waals surface area (Å²) in [7, 11) is 1.45. The van der Waals surface area contributed by atoms with Gasteiger partial charge < -0.3 is 15.2 Å². The smallest absolute Gasteiger partial charge is 0.255 e.